The Balaban J connectivity index is 2.41. The van der Waals surface area contributed by atoms with Crippen LogP contribution in [0.4, 0.5) is 0 Å². The van der Waals surface area contributed by atoms with Crippen LogP contribution in [-0.2, 0) is 6.42 Å². The van der Waals surface area contributed by atoms with Crippen molar-refractivity contribution in [3.8, 4) is 0 Å². The third-order valence-corrected chi connectivity index (χ3v) is 3.44. The lowest BCUT2D eigenvalue weighted by atomic mass is 10.1. The zero-order chi connectivity index (χ0) is 8.97. The highest BCUT2D eigenvalue weighted by Crippen LogP contribution is 2.22. The van der Waals surface area contributed by atoms with Crippen LogP contribution in [0.2, 0.25) is 0 Å². The third-order valence-electron chi connectivity index (χ3n) is 1.72. The van der Waals surface area contributed by atoms with Gasteiger partial charge in [-0.3, -0.25) is 0 Å². The standard InChI is InChI=1S/C9H14BrNS/c1-7(5-11-2)3-9-4-8(10)6-12-9/h4,6-7,11H,3,5H2,1-2H3. The van der Waals surface area contributed by atoms with Gasteiger partial charge in [0.05, 0.1) is 0 Å². The maximum absolute atomic E-state index is 3.46. The van der Waals surface area contributed by atoms with Crippen LogP contribution in [0, 0.1) is 5.92 Å². The molecular formula is C9H14BrNS. The van der Waals surface area contributed by atoms with E-state index < -0.39 is 0 Å². The van der Waals surface area contributed by atoms with Gasteiger partial charge in [0.1, 0.15) is 0 Å². The van der Waals surface area contributed by atoms with Gasteiger partial charge in [-0.1, -0.05) is 6.92 Å². The van der Waals surface area contributed by atoms with Crippen molar-refractivity contribution in [2.75, 3.05) is 13.6 Å². The summed E-state index contributed by atoms with van der Waals surface area (Å²) in [5.74, 6) is 0.723. The summed E-state index contributed by atoms with van der Waals surface area (Å²) < 4.78 is 1.21. The molecule has 1 atom stereocenters. The summed E-state index contributed by atoms with van der Waals surface area (Å²) in [7, 11) is 2.00. The van der Waals surface area contributed by atoms with Crippen LogP contribution < -0.4 is 5.32 Å². The van der Waals surface area contributed by atoms with Gasteiger partial charge in [0, 0.05) is 14.7 Å². The summed E-state index contributed by atoms with van der Waals surface area (Å²) in [6, 6.07) is 2.21. The van der Waals surface area contributed by atoms with E-state index in [9.17, 15) is 0 Å². The van der Waals surface area contributed by atoms with Crippen molar-refractivity contribution >= 4 is 27.3 Å². The molecule has 0 aliphatic heterocycles. The quantitative estimate of drug-likeness (QED) is 0.863. The van der Waals surface area contributed by atoms with Gasteiger partial charge in [0.2, 0.25) is 0 Å². The number of thiophene rings is 1. The highest BCUT2D eigenvalue weighted by Gasteiger charge is 2.03. The average Bonchev–Trinajstić information content (AvgIpc) is 2.36. The topological polar surface area (TPSA) is 12.0 Å². The highest BCUT2D eigenvalue weighted by atomic mass is 79.9. The number of hydrogen-bond donors (Lipinski definition) is 1. The molecule has 68 valence electrons. The van der Waals surface area contributed by atoms with E-state index in [4.69, 9.17) is 0 Å². The molecule has 12 heavy (non-hydrogen) atoms. The Labute approximate surface area is 86.3 Å². The lowest BCUT2D eigenvalue weighted by molar-refractivity contribution is 0.545. The molecule has 0 fully saturated rings. The molecule has 0 aliphatic rings. The van der Waals surface area contributed by atoms with E-state index in [1.165, 1.54) is 15.8 Å². The minimum atomic E-state index is 0.723. The number of nitrogens with one attached hydrogen (secondary N) is 1. The highest BCUT2D eigenvalue weighted by molar-refractivity contribution is 9.10. The van der Waals surface area contributed by atoms with Crippen molar-refractivity contribution in [2.24, 2.45) is 5.92 Å². The van der Waals surface area contributed by atoms with Gasteiger partial charge >= 0.3 is 0 Å². The molecule has 0 saturated heterocycles. The predicted octanol–water partition coefficient (Wildman–Crippen LogP) is 2.91. The molecule has 1 unspecified atom stereocenters. The lowest BCUT2D eigenvalue weighted by Crippen LogP contribution is -2.17. The van der Waals surface area contributed by atoms with Gasteiger partial charge in [-0.05, 0) is 47.9 Å². The van der Waals surface area contributed by atoms with Crippen molar-refractivity contribution < 1.29 is 0 Å². The zero-order valence-electron chi connectivity index (χ0n) is 7.43. The molecule has 0 aliphatic carbocycles. The fourth-order valence-corrected chi connectivity index (χ4v) is 2.84. The Morgan fingerprint density at radius 3 is 2.92 bits per heavy atom. The van der Waals surface area contributed by atoms with Crippen LogP contribution in [0.3, 0.4) is 0 Å². The molecule has 1 nitrogen and oxygen atoms in total. The van der Waals surface area contributed by atoms with Crippen LogP contribution in [0.15, 0.2) is 15.9 Å². The molecule has 0 aromatic carbocycles. The van der Waals surface area contributed by atoms with Gasteiger partial charge < -0.3 is 5.32 Å². The first-order chi connectivity index (χ1) is 5.72. The van der Waals surface area contributed by atoms with Crippen molar-refractivity contribution in [3.05, 3.63) is 20.8 Å². The van der Waals surface area contributed by atoms with Gasteiger partial charge in [-0.15, -0.1) is 11.3 Å². The van der Waals surface area contributed by atoms with E-state index in [-0.39, 0.29) is 0 Å². The monoisotopic (exact) mass is 247 g/mol. The van der Waals surface area contributed by atoms with Crippen LogP contribution in [0.25, 0.3) is 0 Å². The number of rotatable bonds is 4. The normalized spacial score (nSPS) is 13.2. The maximum atomic E-state index is 3.46. The Morgan fingerprint density at radius 2 is 2.42 bits per heavy atom. The fraction of sp³-hybridized carbons (Fsp3) is 0.556. The predicted molar refractivity (Wildman–Crippen MR) is 58.8 cm³/mol. The molecule has 1 N–H and O–H groups in total. The van der Waals surface area contributed by atoms with Gasteiger partial charge in [-0.25, -0.2) is 0 Å². The molecule has 0 spiro atoms. The van der Waals surface area contributed by atoms with Crippen molar-refractivity contribution in [2.45, 2.75) is 13.3 Å². The number of hydrogen-bond acceptors (Lipinski definition) is 2. The maximum Gasteiger partial charge on any atom is 0.0285 e. The van der Waals surface area contributed by atoms with E-state index >= 15 is 0 Å². The Hall–Kier alpha value is 0.140. The van der Waals surface area contributed by atoms with Gasteiger partial charge in [0.15, 0.2) is 0 Å². The molecule has 3 heteroatoms. The molecule has 1 aromatic heterocycles. The minimum absolute atomic E-state index is 0.723. The Bertz CT molecular complexity index is 234. The molecule has 0 saturated carbocycles. The first-order valence-corrected chi connectivity index (χ1v) is 5.77. The molecule has 0 amide bonds. The Kier molecular flexibility index (Phi) is 4.26. The van der Waals surface area contributed by atoms with Crippen LogP contribution in [-0.4, -0.2) is 13.6 Å². The second kappa shape index (κ2) is 5.00. The zero-order valence-corrected chi connectivity index (χ0v) is 9.83. The second-order valence-electron chi connectivity index (χ2n) is 3.10. The Morgan fingerprint density at radius 1 is 1.67 bits per heavy atom. The number of halogens is 1. The van der Waals surface area contributed by atoms with E-state index in [2.05, 4.69) is 39.6 Å². The lowest BCUT2D eigenvalue weighted by Gasteiger charge is -2.07. The van der Waals surface area contributed by atoms with E-state index in [1.807, 2.05) is 18.4 Å². The minimum Gasteiger partial charge on any atom is -0.319 e. The fourth-order valence-electron chi connectivity index (χ4n) is 1.22. The molecular weight excluding hydrogens is 234 g/mol. The first-order valence-electron chi connectivity index (χ1n) is 4.10. The van der Waals surface area contributed by atoms with Crippen molar-refractivity contribution in [1.82, 2.24) is 5.32 Å². The largest absolute Gasteiger partial charge is 0.319 e. The summed E-state index contributed by atoms with van der Waals surface area (Å²) in [4.78, 5) is 1.46. The molecule has 1 aromatic rings. The summed E-state index contributed by atoms with van der Waals surface area (Å²) in [5.41, 5.74) is 0. The van der Waals surface area contributed by atoms with E-state index in [1.54, 1.807) is 0 Å². The van der Waals surface area contributed by atoms with Crippen molar-refractivity contribution in [1.29, 1.82) is 0 Å². The van der Waals surface area contributed by atoms with Crippen LogP contribution in [0.5, 0.6) is 0 Å². The summed E-state index contributed by atoms with van der Waals surface area (Å²) in [6.45, 7) is 3.36. The molecule has 0 bridgehead atoms. The van der Waals surface area contributed by atoms with E-state index in [0.29, 0.717) is 0 Å². The smallest absolute Gasteiger partial charge is 0.0285 e. The van der Waals surface area contributed by atoms with Gasteiger partial charge in [0.25, 0.3) is 0 Å². The van der Waals surface area contributed by atoms with E-state index in [0.717, 1.165) is 12.5 Å². The molecule has 1 heterocycles. The summed E-state index contributed by atoms with van der Waals surface area (Å²) in [6.07, 6.45) is 1.18. The van der Waals surface area contributed by atoms with Crippen LogP contribution >= 0.6 is 27.3 Å². The molecule has 1 rings (SSSR count). The van der Waals surface area contributed by atoms with Gasteiger partial charge in [-0.2, -0.15) is 0 Å². The van der Waals surface area contributed by atoms with Crippen molar-refractivity contribution in [3.63, 3.8) is 0 Å². The van der Waals surface area contributed by atoms with Crippen LogP contribution in [0.1, 0.15) is 11.8 Å². The SMILES string of the molecule is CNCC(C)Cc1cc(Br)cs1. The second-order valence-corrected chi connectivity index (χ2v) is 5.01. The molecule has 0 radical (unpaired) electrons. The first kappa shape index (κ1) is 10.2. The summed E-state index contributed by atoms with van der Waals surface area (Å²) in [5, 5.41) is 5.33. The average molecular weight is 248 g/mol. The third kappa shape index (κ3) is 3.25. The summed E-state index contributed by atoms with van der Waals surface area (Å²) >= 11 is 5.28.